The summed E-state index contributed by atoms with van der Waals surface area (Å²) in [5.41, 5.74) is 2.01. The lowest BCUT2D eigenvalue weighted by Crippen LogP contribution is -2.52. The Morgan fingerprint density at radius 1 is 1.19 bits per heavy atom. The van der Waals surface area contributed by atoms with Gasteiger partial charge in [-0.15, -0.1) is 0 Å². The molecular formula is C23H28N2O5S. The lowest BCUT2D eigenvalue weighted by atomic mass is 9.89. The van der Waals surface area contributed by atoms with Crippen LogP contribution in [0.5, 0.6) is 11.5 Å². The van der Waals surface area contributed by atoms with Gasteiger partial charge in [0, 0.05) is 12.0 Å². The summed E-state index contributed by atoms with van der Waals surface area (Å²) in [6.07, 6.45) is -0.356. The van der Waals surface area contributed by atoms with Crippen molar-refractivity contribution in [3.63, 3.8) is 0 Å². The molecule has 1 amide bonds. The number of amides is 1. The van der Waals surface area contributed by atoms with Gasteiger partial charge in [0.2, 0.25) is 10.0 Å². The highest BCUT2D eigenvalue weighted by Crippen LogP contribution is 2.40. The zero-order valence-corrected chi connectivity index (χ0v) is 19.0. The van der Waals surface area contributed by atoms with E-state index in [0.29, 0.717) is 17.9 Å². The van der Waals surface area contributed by atoms with Crippen LogP contribution in [0.3, 0.4) is 0 Å². The van der Waals surface area contributed by atoms with E-state index in [4.69, 9.17) is 9.47 Å². The van der Waals surface area contributed by atoms with Crippen molar-refractivity contribution >= 4 is 21.6 Å². The quantitative estimate of drug-likeness (QED) is 0.782. The molecule has 4 rings (SSSR count). The van der Waals surface area contributed by atoms with Crippen LogP contribution in [0.15, 0.2) is 42.5 Å². The van der Waals surface area contributed by atoms with E-state index in [-0.39, 0.29) is 24.2 Å². The zero-order chi connectivity index (χ0) is 22.4. The highest BCUT2D eigenvalue weighted by molar-refractivity contribution is 7.92. The number of para-hydroxylation sites is 2. The number of ether oxygens (including phenoxy) is 2. The van der Waals surface area contributed by atoms with Crippen LogP contribution in [0.4, 0.5) is 5.69 Å². The van der Waals surface area contributed by atoms with Crippen LogP contribution in [-0.4, -0.2) is 38.3 Å². The maximum Gasteiger partial charge on any atom is 0.263 e. The highest BCUT2D eigenvalue weighted by atomic mass is 32.2. The van der Waals surface area contributed by atoms with Crippen LogP contribution in [0.2, 0.25) is 0 Å². The molecule has 1 N–H and O–H groups in total. The fourth-order valence-corrected chi connectivity index (χ4v) is 5.25. The molecule has 2 aromatic rings. The van der Waals surface area contributed by atoms with Crippen molar-refractivity contribution in [3.05, 3.63) is 53.6 Å². The molecule has 166 valence electrons. The molecule has 0 aliphatic carbocycles. The first-order chi connectivity index (χ1) is 14.6. The molecule has 0 radical (unpaired) electrons. The third-order valence-corrected chi connectivity index (χ3v) is 7.41. The van der Waals surface area contributed by atoms with Crippen LogP contribution in [0.25, 0.3) is 0 Å². The molecule has 0 spiro atoms. The molecule has 2 aliphatic heterocycles. The Kier molecular flexibility index (Phi) is 5.37. The molecule has 2 aromatic carbocycles. The molecule has 7 nitrogen and oxygen atoms in total. The molecule has 8 heteroatoms. The van der Waals surface area contributed by atoms with E-state index < -0.39 is 21.7 Å². The molecule has 0 aromatic heterocycles. The Morgan fingerprint density at radius 3 is 2.68 bits per heavy atom. The van der Waals surface area contributed by atoms with Gasteiger partial charge in [0.1, 0.15) is 17.1 Å². The molecule has 2 atom stereocenters. The van der Waals surface area contributed by atoms with Gasteiger partial charge in [0.25, 0.3) is 5.91 Å². The number of aryl methyl sites for hydroxylation is 1. The fourth-order valence-electron chi connectivity index (χ4n) is 4.13. The average molecular weight is 445 g/mol. The smallest absolute Gasteiger partial charge is 0.263 e. The van der Waals surface area contributed by atoms with Gasteiger partial charge >= 0.3 is 0 Å². The summed E-state index contributed by atoms with van der Waals surface area (Å²) in [6.45, 7) is 7.49. The lowest BCUT2D eigenvalue weighted by molar-refractivity contribution is -0.129. The zero-order valence-electron chi connectivity index (χ0n) is 18.2. The van der Waals surface area contributed by atoms with Gasteiger partial charge in [-0.05, 0) is 45.9 Å². The van der Waals surface area contributed by atoms with Crippen molar-refractivity contribution in [2.24, 2.45) is 0 Å². The Labute approximate surface area is 183 Å². The van der Waals surface area contributed by atoms with Gasteiger partial charge < -0.3 is 14.8 Å². The van der Waals surface area contributed by atoms with Crippen LogP contribution >= 0.6 is 0 Å². The summed E-state index contributed by atoms with van der Waals surface area (Å²) in [5, 5.41) is 3.08. The molecular weight excluding hydrogens is 416 g/mol. The maximum atomic E-state index is 13.2. The first-order valence-electron chi connectivity index (χ1n) is 10.5. The van der Waals surface area contributed by atoms with E-state index in [1.165, 1.54) is 4.31 Å². The number of benzene rings is 2. The number of rotatable bonds is 4. The summed E-state index contributed by atoms with van der Waals surface area (Å²) >= 11 is 0. The summed E-state index contributed by atoms with van der Waals surface area (Å²) in [4.78, 5) is 13.2. The topological polar surface area (TPSA) is 84.9 Å². The molecule has 2 heterocycles. The van der Waals surface area contributed by atoms with Gasteiger partial charge in [-0.1, -0.05) is 29.8 Å². The lowest BCUT2D eigenvalue weighted by Gasteiger charge is -2.39. The van der Waals surface area contributed by atoms with E-state index in [2.05, 4.69) is 5.32 Å². The van der Waals surface area contributed by atoms with Crippen molar-refractivity contribution in [2.45, 2.75) is 51.9 Å². The van der Waals surface area contributed by atoms with Gasteiger partial charge in [0.15, 0.2) is 6.10 Å². The molecule has 0 saturated carbocycles. The van der Waals surface area contributed by atoms with Crippen LogP contribution in [0, 0.1) is 6.92 Å². The van der Waals surface area contributed by atoms with E-state index >= 15 is 0 Å². The van der Waals surface area contributed by atoms with Crippen LogP contribution in [-0.2, 0) is 14.8 Å². The standard InChI is InChI=1S/C23H28N2O5S/c1-5-31(27,28)25-14-21(29-20-9-7-6-8-18(20)25)22(26)24-17-13-23(3,4)30-19-11-10-15(2)12-16(17)19/h6-12,17,21H,5,13-14H2,1-4H3,(H,24,26)/t17-,21+/m1/s1. The Hall–Kier alpha value is -2.74. The van der Waals surface area contributed by atoms with Crippen molar-refractivity contribution in [1.82, 2.24) is 5.32 Å². The average Bonchev–Trinajstić information content (AvgIpc) is 2.72. The number of hydrogen-bond acceptors (Lipinski definition) is 5. The SMILES string of the molecule is CCS(=O)(=O)N1C[C@@H](C(=O)N[C@@H]2CC(C)(C)Oc3ccc(C)cc32)Oc2ccccc21. The first kappa shape index (κ1) is 21.5. The normalized spacial score (nSPS) is 21.9. The van der Waals surface area contributed by atoms with Crippen LogP contribution in [0.1, 0.15) is 44.4 Å². The number of hydrogen-bond donors (Lipinski definition) is 1. The Bertz CT molecular complexity index is 1110. The summed E-state index contributed by atoms with van der Waals surface area (Å²) in [6, 6.07) is 12.5. The van der Waals surface area contributed by atoms with E-state index in [1.54, 1.807) is 31.2 Å². The second-order valence-corrected chi connectivity index (χ2v) is 10.9. The number of fused-ring (bicyclic) bond motifs is 2. The largest absolute Gasteiger partial charge is 0.487 e. The van der Waals surface area contributed by atoms with E-state index in [9.17, 15) is 13.2 Å². The molecule has 0 saturated heterocycles. The Morgan fingerprint density at radius 2 is 1.94 bits per heavy atom. The monoisotopic (exact) mass is 444 g/mol. The number of sulfonamides is 1. The predicted octanol–water partition coefficient (Wildman–Crippen LogP) is 3.33. The Balaban J connectivity index is 1.62. The second-order valence-electron chi connectivity index (χ2n) is 8.67. The molecule has 31 heavy (non-hydrogen) atoms. The van der Waals surface area contributed by atoms with Crippen LogP contribution < -0.4 is 19.1 Å². The minimum atomic E-state index is -3.55. The minimum Gasteiger partial charge on any atom is -0.487 e. The molecule has 0 bridgehead atoms. The molecule has 0 unspecified atom stereocenters. The summed E-state index contributed by atoms with van der Waals surface area (Å²) in [7, 11) is -3.55. The maximum absolute atomic E-state index is 13.2. The number of carbonyl (C=O) groups is 1. The van der Waals surface area contributed by atoms with Gasteiger partial charge in [-0.3, -0.25) is 9.10 Å². The third kappa shape index (κ3) is 4.21. The summed E-state index contributed by atoms with van der Waals surface area (Å²) in [5.74, 6) is 0.726. The second kappa shape index (κ2) is 7.75. The number of anilines is 1. The summed E-state index contributed by atoms with van der Waals surface area (Å²) < 4.78 is 38.7. The van der Waals surface area contributed by atoms with Crippen molar-refractivity contribution in [3.8, 4) is 11.5 Å². The number of carbonyl (C=O) groups excluding carboxylic acids is 1. The van der Waals surface area contributed by atoms with Crippen molar-refractivity contribution in [1.29, 1.82) is 0 Å². The fraction of sp³-hybridized carbons (Fsp3) is 0.435. The molecule has 2 aliphatic rings. The third-order valence-electron chi connectivity index (χ3n) is 5.67. The van der Waals surface area contributed by atoms with E-state index in [0.717, 1.165) is 16.9 Å². The minimum absolute atomic E-state index is 0.0590. The predicted molar refractivity (Wildman–Crippen MR) is 119 cm³/mol. The number of nitrogens with one attached hydrogen (secondary N) is 1. The first-order valence-corrected chi connectivity index (χ1v) is 12.1. The van der Waals surface area contributed by atoms with Gasteiger partial charge in [-0.25, -0.2) is 8.42 Å². The van der Waals surface area contributed by atoms with Gasteiger partial charge in [-0.2, -0.15) is 0 Å². The number of nitrogens with zero attached hydrogens (tertiary/aromatic N) is 1. The molecule has 0 fully saturated rings. The van der Waals surface area contributed by atoms with Gasteiger partial charge in [0.05, 0.1) is 24.0 Å². The van der Waals surface area contributed by atoms with Crippen molar-refractivity contribution < 1.29 is 22.7 Å². The van der Waals surface area contributed by atoms with Crippen molar-refractivity contribution in [2.75, 3.05) is 16.6 Å². The van der Waals surface area contributed by atoms with E-state index in [1.807, 2.05) is 39.0 Å². The highest BCUT2D eigenvalue weighted by Gasteiger charge is 2.39.